The minimum Gasteiger partial charge on any atom is -0.371 e. The fraction of sp³-hybridized carbons (Fsp3) is 0.500. The van der Waals surface area contributed by atoms with Crippen LogP contribution in [0.3, 0.4) is 0 Å². The van der Waals surface area contributed by atoms with Gasteiger partial charge in [0.25, 0.3) is 0 Å². The third-order valence-electron chi connectivity index (χ3n) is 3.68. The van der Waals surface area contributed by atoms with Crippen LogP contribution in [0.25, 0.3) is 11.0 Å². The van der Waals surface area contributed by atoms with Crippen molar-refractivity contribution < 1.29 is 0 Å². The quantitative estimate of drug-likeness (QED) is 0.853. The fourth-order valence-electron chi connectivity index (χ4n) is 2.67. The molecular weight excluding hydrogens is 224 g/mol. The number of fused-ring (bicyclic) bond motifs is 1. The summed E-state index contributed by atoms with van der Waals surface area (Å²) in [5.41, 5.74) is 9.02. The van der Waals surface area contributed by atoms with Crippen molar-refractivity contribution in [3.8, 4) is 0 Å². The normalized spacial score (nSPS) is 17.1. The highest BCUT2D eigenvalue weighted by Crippen LogP contribution is 2.23. The van der Waals surface area contributed by atoms with Crippen molar-refractivity contribution in [2.45, 2.75) is 32.2 Å². The summed E-state index contributed by atoms with van der Waals surface area (Å²) in [6.07, 6.45) is 5.32. The van der Waals surface area contributed by atoms with Crippen LogP contribution in [0.15, 0.2) is 18.2 Å². The molecule has 0 aliphatic carbocycles. The topological polar surface area (TPSA) is 57.9 Å². The Balaban J connectivity index is 1.91. The molecule has 0 amide bonds. The highest BCUT2D eigenvalue weighted by molar-refractivity contribution is 5.79. The van der Waals surface area contributed by atoms with Gasteiger partial charge >= 0.3 is 0 Å². The van der Waals surface area contributed by atoms with Crippen LogP contribution in [0.4, 0.5) is 5.69 Å². The molecule has 2 aromatic rings. The SMILES string of the molecule is NCc1nc2ccc(N3CCCCCC3)cc2[nH]1. The summed E-state index contributed by atoms with van der Waals surface area (Å²) >= 11 is 0. The molecule has 1 fully saturated rings. The average Bonchev–Trinajstić information content (AvgIpc) is 2.62. The van der Waals surface area contributed by atoms with Crippen LogP contribution in [0.5, 0.6) is 0 Å². The Morgan fingerprint density at radius 1 is 1.17 bits per heavy atom. The standard InChI is InChI=1S/C14H20N4/c15-10-14-16-12-6-5-11(9-13(12)17-14)18-7-3-1-2-4-8-18/h5-6,9H,1-4,7-8,10,15H2,(H,16,17). The van der Waals surface area contributed by atoms with Crippen molar-refractivity contribution in [1.29, 1.82) is 0 Å². The number of aromatic amines is 1. The van der Waals surface area contributed by atoms with Crippen LogP contribution < -0.4 is 10.6 Å². The molecule has 96 valence electrons. The van der Waals surface area contributed by atoms with Crippen molar-refractivity contribution in [2.75, 3.05) is 18.0 Å². The predicted octanol–water partition coefficient (Wildman–Crippen LogP) is 2.40. The molecule has 2 heterocycles. The number of nitrogens with zero attached hydrogens (tertiary/aromatic N) is 2. The van der Waals surface area contributed by atoms with Gasteiger partial charge in [-0.25, -0.2) is 4.98 Å². The molecule has 0 unspecified atom stereocenters. The number of hydrogen-bond donors (Lipinski definition) is 2. The molecule has 1 aromatic heterocycles. The second-order valence-electron chi connectivity index (χ2n) is 4.99. The molecule has 0 atom stereocenters. The van der Waals surface area contributed by atoms with Gasteiger partial charge in [0.2, 0.25) is 0 Å². The molecule has 1 aliphatic rings. The molecule has 3 rings (SSSR count). The van der Waals surface area contributed by atoms with E-state index in [0.717, 1.165) is 16.9 Å². The molecule has 1 aromatic carbocycles. The lowest BCUT2D eigenvalue weighted by Crippen LogP contribution is -2.23. The first-order chi connectivity index (χ1) is 8.86. The minimum absolute atomic E-state index is 0.466. The van der Waals surface area contributed by atoms with Crippen LogP contribution in [-0.2, 0) is 6.54 Å². The number of nitrogens with two attached hydrogens (primary N) is 1. The maximum Gasteiger partial charge on any atom is 0.121 e. The maximum atomic E-state index is 5.61. The third kappa shape index (κ3) is 2.20. The van der Waals surface area contributed by atoms with E-state index in [1.165, 1.54) is 44.5 Å². The number of rotatable bonds is 2. The molecule has 1 saturated heterocycles. The molecule has 0 radical (unpaired) electrons. The van der Waals surface area contributed by atoms with Crippen LogP contribution in [0.1, 0.15) is 31.5 Å². The monoisotopic (exact) mass is 244 g/mol. The number of anilines is 1. The van der Waals surface area contributed by atoms with Crippen LogP contribution in [0.2, 0.25) is 0 Å². The van der Waals surface area contributed by atoms with Crippen molar-refractivity contribution in [2.24, 2.45) is 5.73 Å². The molecule has 1 aliphatic heterocycles. The van der Waals surface area contributed by atoms with Crippen LogP contribution in [-0.4, -0.2) is 23.1 Å². The largest absolute Gasteiger partial charge is 0.371 e. The minimum atomic E-state index is 0.466. The van der Waals surface area contributed by atoms with E-state index in [1.807, 2.05) is 0 Å². The Kier molecular flexibility index (Phi) is 3.19. The summed E-state index contributed by atoms with van der Waals surface area (Å²) in [6.45, 7) is 2.81. The first-order valence-electron chi connectivity index (χ1n) is 6.80. The van der Waals surface area contributed by atoms with E-state index < -0.39 is 0 Å². The van der Waals surface area contributed by atoms with E-state index in [2.05, 4.69) is 33.1 Å². The van der Waals surface area contributed by atoms with Gasteiger partial charge in [-0.2, -0.15) is 0 Å². The lowest BCUT2D eigenvalue weighted by molar-refractivity contribution is 0.726. The lowest BCUT2D eigenvalue weighted by atomic mass is 10.2. The molecule has 4 heteroatoms. The number of aromatic nitrogens is 2. The zero-order chi connectivity index (χ0) is 12.4. The number of H-pyrrole nitrogens is 1. The van der Waals surface area contributed by atoms with E-state index in [1.54, 1.807) is 0 Å². The summed E-state index contributed by atoms with van der Waals surface area (Å²) < 4.78 is 0. The zero-order valence-corrected chi connectivity index (χ0v) is 10.7. The van der Waals surface area contributed by atoms with Crippen molar-refractivity contribution in [3.05, 3.63) is 24.0 Å². The van der Waals surface area contributed by atoms with E-state index in [-0.39, 0.29) is 0 Å². The van der Waals surface area contributed by atoms with E-state index in [0.29, 0.717) is 6.54 Å². The molecule has 0 spiro atoms. The van der Waals surface area contributed by atoms with E-state index >= 15 is 0 Å². The predicted molar refractivity (Wildman–Crippen MR) is 74.7 cm³/mol. The highest BCUT2D eigenvalue weighted by Gasteiger charge is 2.11. The molecule has 0 bridgehead atoms. The maximum absolute atomic E-state index is 5.61. The Labute approximate surface area is 107 Å². The summed E-state index contributed by atoms with van der Waals surface area (Å²) in [7, 11) is 0. The van der Waals surface area contributed by atoms with E-state index in [9.17, 15) is 0 Å². The van der Waals surface area contributed by atoms with Gasteiger partial charge in [-0.3, -0.25) is 0 Å². The molecule has 0 saturated carbocycles. The van der Waals surface area contributed by atoms with Gasteiger partial charge in [-0.05, 0) is 31.0 Å². The number of hydrogen-bond acceptors (Lipinski definition) is 3. The summed E-state index contributed by atoms with van der Waals surface area (Å²) in [5, 5.41) is 0. The van der Waals surface area contributed by atoms with Crippen LogP contribution in [0, 0.1) is 0 Å². The second-order valence-corrected chi connectivity index (χ2v) is 4.99. The number of benzene rings is 1. The molecule has 18 heavy (non-hydrogen) atoms. The average molecular weight is 244 g/mol. The van der Waals surface area contributed by atoms with Crippen molar-refractivity contribution in [3.63, 3.8) is 0 Å². The Bertz CT molecular complexity index is 524. The first kappa shape index (κ1) is 11.5. The molecule has 3 N–H and O–H groups in total. The van der Waals surface area contributed by atoms with Gasteiger partial charge < -0.3 is 15.6 Å². The van der Waals surface area contributed by atoms with E-state index in [4.69, 9.17) is 5.73 Å². The van der Waals surface area contributed by atoms with Crippen molar-refractivity contribution in [1.82, 2.24) is 9.97 Å². The number of imidazole rings is 1. The summed E-state index contributed by atoms with van der Waals surface area (Å²) in [4.78, 5) is 10.2. The number of nitrogens with one attached hydrogen (secondary N) is 1. The Morgan fingerprint density at radius 3 is 2.67 bits per heavy atom. The lowest BCUT2D eigenvalue weighted by Gasteiger charge is -2.22. The fourth-order valence-corrected chi connectivity index (χ4v) is 2.67. The van der Waals surface area contributed by atoms with Gasteiger partial charge in [0, 0.05) is 18.8 Å². The van der Waals surface area contributed by atoms with Gasteiger partial charge in [-0.15, -0.1) is 0 Å². The van der Waals surface area contributed by atoms with Gasteiger partial charge in [0.1, 0.15) is 5.82 Å². The second kappa shape index (κ2) is 4.98. The first-order valence-corrected chi connectivity index (χ1v) is 6.80. The van der Waals surface area contributed by atoms with Gasteiger partial charge in [0.05, 0.1) is 17.6 Å². The summed E-state index contributed by atoms with van der Waals surface area (Å²) in [5.74, 6) is 0.859. The smallest absolute Gasteiger partial charge is 0.121 e. The third-order valence-corrected chi connectivity index (χ3v) is 3.68. The van der Waals surface area contributed by atoms with Crippen LogP contribution >= 0.6 is 0 Å². The zero-order valence-electron chi connectivity index (χ0n) is 10.7. The highest BCUT2D eigenvalue weighted by atomic mass is 15.1. The van der Waals surface area contributed by atoms with Gasteiger partial charge in [0.15, 0.2) is 0 Å². The summed E-state index contributed by atoms with van der Waals surface area (Å²) in [6, 6.07) is 6.47. The Morgan fingerprint density at radius 2 is 1.94 bits per heavy atom. The molecular formula is C14H20N4. The molecule has 4 nitrogen and oxygen atoms in total. The van der Waals surface area contributed by atoms with Crippen molar-refractivity contribution >= 4 is 16.7 Å². The Hall–Kier alpha value is -1.55. The van der Waals surface area contributed by atoms with Gasteiger partial charge in [-0.1, -0.05) is 12.8 Å².